The third-order valence-corrected chi connectivity index (χ3v) is 3.83. The van der Waals surface area contributed by atoms with Crippen molar-refractivity contribution in [2.75, 3.05) is 37.8 Å². The number of hydrogen-bond acceptors (Lipinski definition) is 4. The molecule has 1 aromatic rings. The van der Waals surface area contributed by atoms with Crippen LogP contribution in [0.25, 0.3) is 0 Å². The standard InChI is InChI=1S/C19H28N2O4/c1-15(2)13-24-12-4-10-20-18(22)14-25-17-8-6-16(7-9-17)21-11-3-5-19(21)23/h6-9,15H,3-5,10-14H2,1-2H3,(H,20,22). The number of carbonyl (C=O) groups is 2. The monoisotopic (exact) mass is 348 g/mol. The maximum absolute atomic E-state index is 11.7. The van der Waals surface area contributed by atoms with Crippen molar-refractivity contribution < 1.29 is 19.1 Å². The minimum Gasteiger partial charge on any atom is -0.484 e. The fourth-order valence-corrected chi connectivity index (χ4v) is 2.56. The van der Waals surface area contributed by atoms with Crippen LogP contribution in [0.3, 0.4) is 0 Å². The topological polar surface area (TPSA) is 67.9 Å². The van der Waals surface area contributed by atoms with E-state index in [1.54, 1.807) is 17.0 Å². The van der Waals surface area contributed by atoms with Crippen LogP contribution in [0.2, 0.25) is 0 Å². The molecule has 1 saturated heterocycles. The van der Waals surface area contributed by atoms with Crippen LogP contribution in [-0.2, 0) is 14.3 Å². The van der Waals surface area contributed by atoms with E-state index in [4.69, 9.17) is 9.47 Å². The number of carbonyl (C=O) groups excluding carboxylic acids is 2. The number of benzene rings is 1. The van der Waals surface area contributed by atoms with Crippen LogP contribution < -0.4 is 15.0 Å². The molecule has 0 unspecified atom stereocenters. The second-order valence-electron chi connectivity index (χ2n) is 6.60. The maximum Gasteiger partial charge on any atom is 0.257 e. The highest BCUT2D eigenvalue weighted by Gasteiger charge is 2.21. The number of anilines is 1. The first-order valence-corrected chi connectivity index (χ1v) is 8.94. The van der Waals surface area contributed by atoms with E-state index in [9.17, 15) is 9.59 Å². The summed E-state index contributed by atoms with van der Waals surface area (Å²) in [6.45, 7) is 6.93. The first kappa shape index (κ1) is 19.2. The Morgan fingerprint density at radius 2 is 2.04 bits per heavy atom. The lowest BCUT2D eigenvalue weighted by molar-refractivity contribution is -0.123. The summed E-state index contributed by atoms with van der Waals surface area (Å²) in [5, 5.41) is 2.81. The molecule has 0 radical (unpaired) electrons. The zero-order chi connectivity index (χ0) is 18.1. The summed E-state index contributed by atoms with van der Waals surface area (Å²) in [6, 6.07) is 7.27. The smallest absolute Gasteiger partial charge is 0.257 e. The van der Waals surface area contributed by atoms with Crippen molar-refractivity contribution in [3.8, 4) is 5.75 Å². The van der Waals surface area contributed by atoms with Crippen LogP contribution in [0.5, 0.6) is 5.75 Å². The molecular weight excluding hydrogens is 320 g/mol. The Morgan fingerprint density at radius 3 is 2.68 bits per heavy atom. The van der Waals surface area contributed by atoms with Gasteiger partial charge >= 0.3 is 0 Å². The van der Waals surface area contributed by atoms with Gasteiger partial charge in [-0.05, 0) is 43.0 Å². The van der Waals surface area contributed by atoms with Crippen LogP contribution in [0.15, 0.2) is 24.3 Å². The first-order chi connectivity index (χ1) is 12.1. The lowest BCUT2D eigenvalue weighted by Crippen LogP contribution is -2.30. The Kier molecular flexibility index (Phi) is 7.73. The van der Waals surface area contributed by atoms with Gasteiger partial charge in [0.2, 0.25) is 5.91 Å². The molecule has 138 valence electrons. The number of nitrogens with one attached hydrogen (secondary N) is 1. The second kappa shape index (κ2) is 10.0. The summed E-state index contributed by atoms with van der Waals surface area (Å²) in [6.07, 6.45) is 2.30. The highest BCUT2D eigenvalue weighted by molar-refractivity contribution is 5.95. The van der Waals surface area contributed by atoms with Crippen LogP contribution in [0.1, 0.15) is 33.1 Å². The fourth-order valence-electron chi connectivity index (χ4n) is 2.56. The lowest BCUT2D eigenvalue weighted by atomic mass is 10.2. The molecule has 1 aliphatic rings. The molecule has 1 fully saturated rings. The Labute approximate surface area is 149 Å². The van der Waals surface area contributed by atoms with Crippen molar-refractivity contribution in [2.24, 2.45) is 5.92 Å². The third kappa shape index (κ3) is 6.74. The van der Waals surface area contributed by atoms with Crippen molar-refractivity contribution >= 4 is 17.5 Å². The molecule has 2 amide bonds. The van der Waals surface area contributed by atoms with Gasteiger partial charge in [0, 0.05) is 38.4 Å². The van der Waals surface area contributed by atoms with E-state index in [1.807, 2.05) is 12.1 Å². The van der Waals surface area contributed by atoms with E-state index in [1.165, 1.54) is 0 Å². The number of nitrogens with zero attached hydrogens (tertiary/aromatic N) is 1. The quantitative estimate of drug-likeness (QED) is 0.659. The van der Waals surface area contributed by atoms with Crippen molar-refractivity contribution in [3.05, 3.63) is 24.3 Å². The Balaban J connectivity index is 1.62. The van der Waals surface area contributed by atoms with Gasteiger partial charge in [-0.3, -0.25) is 9.59 Å². The third-order valence-electron chi connectivity index (χ3n) is 3.83. The zero-order valence-corrected chi connectivity index (χ0v) is 15.1. The van der Waals surface area contributed by atoms with Crippen LogP contribution >= 0.6 is 0 Å². The van der Waals surface area contributed by atoms with Gasteiger partial charge in [0.15, 0.2) is 6.61 Å². The minimum absolute atomic E-state index is 0.0190. The summed E-state index contributed by atoms with van der Waals surface area (Å²) in [4.78, 5) is 25.2. The summed E-state index contributed by atoms with van der Waals surface area (Å²) >= 11 is 0. The highest BCUT2D eigenvalue weighted by Crippen LogP contribution is 2.23. The summed E-state index contributed by atoms with van der Waals surface area (Å²) in [5.41, 5.74) is 0.876. The van der Waals surface area contributed by atoms with Gasteiger partial charge in [0.1, 0.15) is 5.75 Å². The molecular formula is C19H28N2O4. The molecule has 0 atom stereocenters. The average molecular weight is 348 g/mol. The first-order valence-electron chi connectivity index (χ1n) is 8.94. The van der Waals surface area contributed by atoms with Crippen LogP contribution in [-0.4, -0.2) is 44.7 Å². The maximum atomic E-state index is 11.7. The average Bonchev–Trinajstić information content (AvgIpc) is 3.02. The van der Waals surface area contributed by atoms with E-state index in [0.29, 0.717) is 31.2 Å². The van der Waals surface area contributed by atoms with Crippen molar-refractivity contribution in [3.63, 3.8) is 0 Å². The molecule has 6 heteroatoms. The van der Waals surface area contributed by atoms with Gasteiger partial charge in [-0.2, -0.15) is 0 Å². The Hall–Kier alpha value is -2.08. The van der Waals surface area contributed by atoms with E-state index < -0.39 is 0 Å². The van der Waals surface area contributed by atoms with Gasteiger partial charge in [0.25, 0.3) is 5.91 Å². The van der Waals surface area contributed by atoms with E-state index in [2.05, 4.69) is 19.2 Å². The molecule has 0 bridgehead atoms. The van der Waals surface area contributed by atoms with Crippen molar-refractivity contribution in [1.29, 1.82) is 0 Å². The normalized spacial score (nSPS) is 14.2. The van der Waals surface area contributed by atoms with Gasteiger partial charge < -0.3 is 19.7 Å². The van der Waals surface area contributed by atoms with Crippen molar-refractivity contribution in [1.82, 2.24) is 5.32 Å². The van der Waals surface area contributed by atoms with Gasteiger partial charge in [0.05, 0.1) is 0 Å². The number of hydrogen-bond donors (Lipinski definition) is 1. The molecule has 2 rings (SSSR count). The zero-order valence-electron chi connectivity index (χ0n) is 15.1. The molecule has 0 aromatic heterocycles. The van der Waals surface area contributed by atoms with Gasteiger partial charge in [-0.1, -0.05) is 13.8 Å². The molecule has 1 aromatic carbocycles. The summed E-state index contributed by atoms with van der Waals surface area (Å²) < 4.78 is 10.9. The number of ether oxygens (including phenoxy) is 2. The highest BCUT2D eigenvalue weighted by atomic mass is 16.5. The van der Waals surface area contributed by atoms with Crippen LogP contribution in [0.4, 0.5) is 5.69 Å². The molecule has 1 aliphatic heterocycles. The molecule has 0 saturated carbocycles. The second-order valence-corrected chi connectivity index (χ2v) is 6.60. The summed E-state index contributed by atoms with van der Waals surface area (Å²) in [5.74, 6) is 1.15. The molecule has 25 heavy (non-hydrogen) atoms. The predicted molar refractivity (Wildman–Crippen MR) is 96.8 cm³/mol. The Morgan fingerprint density at radius 1 is 1.28 bits per heavy atom. The number of rotatable bonds is 10. The molecule has 1 N–H and O–H groups in total. The fraction of sp³-hybridized carbons (Fsp3) is 0.579. The molecule has 0 aliphatic carbocycles. The SMILES string of the molecule is CC(C)COCCCNC(=O)COc1ccc(N2CCCC2=O)cc1. The van der Waals surface area contributed by atoms with E-state index in [0.717, 1.165) is 31.7 Å². The van der Waals surface area contributed by atoms with Gasteiger partial charge in [-0.15, -0.1) is 0 Å². The minimum atomic E-state index is -0.150. The lowest BCUT2D eigenvalue weighted by Gasteiger charge is -2.16. The predicted octanol–water partition coefficient (Wildman–Crippen LogP) is 2.37. The van der Waals surface area contributed by atoms with E-state index >= 15 is 0 Å². The molecule has 6 nitrogen and oxygen atoms in total. The van der Waals surface area contributed by atoms with Crippen LogP contribution in [0, 0.1) is 5.92 Å². The van der Waals surface area contributed by atoms with Crippen molar-refractivity contribution in [2.45, 2.75) is 33.1 Å². The summed E-state index contributed by atoms with van der Waals surface area (Å²) in [7, 11) is 0. The largest absolute Gasteiger partial charge is 0.484 e. The molecule has 0 spiro atoms. The Bertz CT molecular complexity index is 557. The number of amides is 2. The molecule has 1 heterocycles. The van der Waals surface area contributed by atoms with E-state index in [-0.39, 0.29) is 18.4 Å². The van der Waals surface area contributed by atoms with Gasteiger partial charge in [-0.25, -0.2) is 0 Å².